The largest absolute Gasteiger partial charge is 0.368 e. The molecule has 2 fully saturated rings. The summed E-state index contributed by atoms with van der Waals surface area (Å²) in [6.45, 7) is -0.00549. The van der Waals surface area contributed by atoms with E-state index < -0.39 is 17.6 Å². The fourth-order valence-electron chi connectivity index (χ4n) is 3.78. The number of carbonyl (C=O) groups is 3. The molecule has 1 heterocycles. The molecular formula is C18H22FN3O3. The zero-order valence-electron chi connectivity index (χ0n) is 14.0. The Balaban J connectivity index is 1.76. The molecule has 1 saturated carbocycles. The molecule has 6 nitrogen and oxygen atoms in total. The highest BCUT2D eigenvalue weighted by Crippen LogP contribution is 2.30. The first-order valence-corrected chi connectivity index (χ1v) is 8.61. The molecule has 25 heavy (non-hydrogen) atoms. The molecule has 1 atom stereocenters. The molecule has 134 valence electrons. The average molecular weight is 347 g/mol. The van der Waals surface area contributed by atoms with Crippen molar-refractivity contribution in [1.82, 2.24) is 4.90 Å². The van der Waals surface area contributed by atoms with Gasteiger partial charge in [0, 0.05) is 19.0 Å². The standard InChI is InChI=1S/C18H22FN3O3/c19-14-7-3-4-8-15(14)22-10-12(9-17(22)24)18(25)21(11-16(20)23)13-5-1-2-6-13/h3-4,7-8,12-13H,1-2,5-6,9-11H2,(H2,20,23)/t12-/m1/s1. The van der Waals surface area contributed by atoms with Crippen LogP contribution in [0.2, 0.25) is 0 Å². The molecule has 1 aromatic rings. The van der Waals surface area contributed by atoms with Gasteiger partial charge in [0.2, 0.25) is 17.7 Å². The second-order valence-electron chi connectivity index (χ2n) is 6.73. The number of rotatable bonds is 5. The Morgan fingerprint density at radius 1 is 1.24 bits per heavy atom. The Morgan fingerprint density at radius 2 is 1.92 bits per heavy atom. The van der Waals surface area contributed by atoms with Gasteiger partial charge < -0.3 is 15.5 Å². The summed E-state index contributed by atoms with van der Waals surface area (Å²) in [6.07, 6.45) is 3.74. The predicted octanol–water partition coefficient (Wildman–Crippen LogP) is 1.44. The minimum absolute atomic E-state index is 0.00221. The molecule has 1 aliphatic carbocycles. The van der Waals surface area contributed by atoms with Crippen LogP contribution >= 0.6 is 0 Å². The topological polar surface area (TPSA) is 83.7 Å². The summed E-state index contributed by atoms with van der Waals surface area (Å²) in [6, 6.07) is 6.02. The van der Waals surface area contributed by atoms with E-state index >= 15 is 0 Å². The van der Waals surface area contributed by atoms with Crippen LogP contribution in [-0.4, -0.2) is 41.8 Å². The van der Waals surface area contributed by atoms with E-state index in [4.69, 9.17) is 5.73 Å². The Hall–Kier alpha value is -2.44. The van der Waals surface area contributed by atoms with Gasteiger partial charge in [0.25, 0.3) is 0 Å². The monoisotopic (exact) mass is 347 g/mol. The normalized spacial score (nSPS) is 20.9. The average Bonchev–Trinajstić information content (AvgIpc) is 3.22. The number of primary amides is 1. The van der Waals surface area contributed by atoms with Crippen molar-refractivity contribution in [1.29, 1.82) is 0 Å². The van der Waals surface area contributed by atoms with E-state index in [-0.39, 0.29) is 43.1 Å². The molecule has 7 heteroatoms. The molecule has 0 aromatic heterocycles. The highest BCUT2D eigenvalue weighted by atomic mass is 19.1. The minimum Gasteiger partial charge on any atom is -0.368 e. The van der Waals surface area contributed by atoms with Gasteiger partial charge in [-0.3, -0.25) is 14.4 Å². The van der Waals surface area contributed by atoms with Gasteiger partial charge in [0.1, 0.15) is 5.82 Å². The lowest BCUT2D eigenvalue weighted by Crippen LogP contribution is -2.47. The van der Waals surface area contributed by atoms with Crippen LogP contribution in [0, 0.1) is 11.7 Å². The Labute approximate surface area is 145 Å². The number of anilines is 1. The number of para-hydroxylation sites is 1. The van der Waals surface area contributed by atoms with Gasteiger partial charge in [0.05, 0.1) is 18.2 Å². The molecular weight excluding hydrogens is 325 g/mol. The summed E-state index contributed by atoms with van der Waals surface area (Å²) < 4.78 is 14.0. The Morgan fingerprint density at radius 3 is 2.56 bits per heavy atom. The number of hydrogen-bond donors (Lipinski definition) is 1. The number of nitrogens with two attached hydrogens (primary N) is 1. The van der Waals surface area contributed by atoms with Crippen LogP contribution in [0.4, 0.5) is 10.1 Å². The van der Waals surface area contributed by atoms with E-state index in [2.05, 4.69) is 0 Å². The number of halogens is 1. The van der Waals surface area contributed by atoms with Crippen LogP contribution in [0.25, 0.3) is 0 Å². The van der Waals surface area contributed by atoms with Gasteiger partial charge in [-0.15, -0.1) is 0 Å². The molecule has 2 N–H and O–H groups in total. The van der Waals surface area contributed by atoms with Crippen LogP contribution in [0.1, 0.15) is 32.1 Å². The zero-order valence-corrected chi connectivity index (χ0v) is 14.0. The minimum atomic E-state index is -0.577. The summed E-state index contributed by atoms with van der Waals surface area (Å²) in [5.74, 6) is -2.15. The second kappa shape index (κ2) is 7.21. The Kier molecular flexibility index (Phi) is 5.01. The van der Waals surface area contributed by atoms with Crippen molar-refractivity contribution in [3.8, 4) is 0 Å². The molecule has 1 aliphatic heterocycles. The molecule has 0 bridgehead atoms. The molecule has 0 spiro atoms. The first kappa shape index (κ1) is 17.4. The third kappa shape index (κ3) is 3.65. The smallest absolute Gasteiger partial charge is 0.237 e. The van der Waals surface area contributed by atoms with E-state index in [1.54, 1.807) is 12.1 Å². The number of amides is 3. The third-order valence-corrected chi connectivity index (χ3v) is 4.99. The van der Waals surface area contributed by atoms with E-state index in [0.717, 1.165) is 25.7 Å². The molecule has 1 aromatic carbocycles. The van der Waals surface area contributed by atoms with Crippen LogP contribution in [0.15, 0.2) is 24.3 Å². The van der Waals surface area contributed by atoms with E-state index in [1.807, 2.05) is 0 Å². The number of benzene rings is 1. The number of hydrogen-bond acceptors (Lipinski definition) is 3. The van der Waals surface area contributed by atoms with Gasteiger partial charge in [-0.1, -0.05) is 25.0 Å². The zero-order chi connectivity index (χ0) is 18.0. The first-order chi connectivity index (χ1) is 12.0. The van der Waals surface area contributed by atoms with Crippen molar-refractivity contribution >= 4 is 23.4 Å². The van der Waals surface area contributed by atoms with Gasteiger partial charge in [-0.25, -0.2) is 4.39 Å². The van der Waals surface area contributed by atoms with Crippen molar-refractivity contribution in [3.63, 3.8) is 0 Å². The van der Waals surface area contributed by atoms with Crippen molar-refractivity contribution in [3.05, 3.63) is 30.1 Å². The van der Waals surface area contributed by atoms with Crippen molar-refractivity contribution < 1.29 is 18.8 Å². The lowest BCUT2D eigenvalue weighted by Gasteiger charge is -2.30. The van der Waals surface area contributed by atoms with E-state index in [1.165, 1.54) is 21.9 Å². The van der Waals surface area contributed by atoms with Crippen molar-refractivity contribution in [2.24, 2.45) is 11.7 Å². The number of nitrogens with zero attached hydrogens (tertiary/aromatic N) is 2. The van der Waals surface area contributed by atoms with Crippen LogP contribution < -0.4 is 10.6 Å². The maximum absolute atomic E-state index is 14.0. The van der Waals surface area contributed by atoms with E-state index in [9.17, 15) is 18.8 Å². The molecule has 3 amide bonds. The van der Waals surface area contributed by atoms with Crippen LogP contribution in [0.5, 0.6) is 0 Å². The van der Waals surface area contributed by atoms with Crippen molar-refractivity contribution in [2.75, 3.05) is 18.0 Å². The number of carbonyl (C=O) groups excluding carboxylic acids is 3. The third-order valence-electron chi connectivity index (χ3n) is 4.99. The molecule has 0 unspecified atom stereocenters. The summed E-state index contributed by atoms with van der Waals surface area (Å²) in [5.41, 5.74) is 5.49. The lowest BCUT2D eigenvalue weighted by atomic mass is 10.0. The molecule has 3 rings (SSSR count). The molecule has 2 aliphatic rings. The summed E-state index contributed by atoms with van der Waals surface area (Å²) in [7, 11) is 0. The van der Waals surface area contributed by atoms with Crippen LogP contribution in [-0.2, 0) is 14.4 Å². The summed E-state index contributed by atoms with van der Waals surface area (Å²) >= 11 is 0. The van der Waals surface area contributed by atoms with Crippen LogP contribution in [0.3, 0.4) is 0 Å². The van der Waals surface area contributed by atoms with Gasteiger partial charge in [-0.05, 0) is 25.0 Å². The SMILES string of the molecule is NC(=O)CN(C(=O)[C@@H]1CC(=O)N(c2ccccc2F)C1)C1CCCC1. The van der Waals surface area contributed by atoms with E-state index in [0.29, 0.717) is 0 Å². The van der Waals surface area contributed by atoms with Gasteiger partial charge in [0.15, 0.2) is 0 Å². The fourth-order valence-corrected chi connectivity index (χ4v) is 3.78. The Bertz CT molecular complexity index is 688. The molecule has 1 saturated heterocycles. The second-order valence-corrected chi connectivity index (χ2v) is 6.73. The summed E-state index contributed by atoms with van der Waals surface area (Å²) in [4.78, 5) is 39.4. The highest BCUT2D eigenvalue weighted by Gasteiger charge is 2.40. The highest BCUT2D eigenvalue weighted by molar-refractivity contribution is 6.00. The predicted molar refractivity (Wildman–Crippen MR) is 90.0 cm³/mol. The van der Waals surface area contributed by atoms with Gasteiger partial charge in [-0.2, -0.15) is 0 Å². The van der Waals surface area contributed by atoms with Gasteiger partial charge >= 0.3 is 0 Å². The maximum atomic E-state index is 14.0. The quantitative estimate of drug-likeness (QED) is 0.875. The summed E-state index contributed by atoms with van der Waals surface area (Å²) in [5, 5.41) is 0. The molecule has 0 radical (unpaired) electrons. The lowest BCUT2D eigenvalue weighted by molar-refractivity contribution is -0.141. The fraction of sp³-hybridized carbons (Fsp3) is 0.500. The van der Waals surface area contributed by atoms with Crippen molar-refractivity contribution in [2.45, 2.75) is 38.1 Å². The first-order valence-electron chi connectivity index (χ1n) is 8.61. The maximum Gasteiger partial charge on any atom is 0.237 e.